The molecule has 3 aromatic rings. The predicted molar refractivity (Wildman–Crippen MR) is 123 cm³/mol. The van der Waals surface area contributed by atoms with Crippen LogP contribution < -0.4 is 15.0 Å². The van der Waals surface area contributed by atoms with Crippen LogP contribution >= 0.6 is 0 Å². The number of anilines is 1. The van der Waals surface area contributed by atoms with E-state index in [0.717, 1.165) is 53.1 Å². The van der Waals surface area contributed by atoms with Gasteiger partial charge in [0.2, 0.25) is 11.8 Å². The van der Waals surface area contributed by atoms with E-state index in [9.17, 15) is 9.18 Å². The molecule has 0 spiro atoms. The monoisotopic (exact) mass is 439 g/mol. The van der Waals surface area contributed by atoms with Gasteiger partial charge in [0, 0.05) is 44.5 Å². The standard InChI is InChI=1S/C24H30FN5O2/c1-15-20(16(2)27-23-22(15)24(32-4)28-29(23)3)9-10-21(31)26-13-17-11-12-30(14-17)19-7-5-18(25)6-8-19/h5-8,17H,9-14H2,1-4H3,(H,26,31). The number of hydrogen-bond acceptors (Lipinski definition) is 5. The van der Waals surface area contributed by atoms with E-state index >= 15 is 0 Å². The van der Waals surface area contributed by atoms with Gasteiger partial charge in [0.15, 0.2) is 5.65 Å². The summed E-state index contributed by atoms with van der Waals surface area (Å²) in [4.78, 5) is 19.5. The molecule has 32 heavy (non-hydrogen) atoms. The quantitative estimate of drug-likeness (QED) is 0.612. The minimum atomic E-state index is -0.224. The van der Waals surface area contributed by atoms with Gasteiger partial charge in [-0.15, -0.1) is 5.10 Å². The molecule has 8 heteroatoms. The second kappa shape index (κ2) is 9.14. The normalized spacial score (nSPS) is 16.0. The highest BCUT2D eigenvalue weighted by Crippen LogP contribution is 2.30. The summed E-state index contributed by atoms with van der Waals surface area (Å²) in [6, 6.07) is 6.59. The molecule has 3 heterocycles. The number of ether oxygens (including phenoxy) is 1. The number of amides is 1. The molecule has 170 valence electrons. The number of fused-ring (bicyclic) bond motifs is 1. The number of carbonyl (C=O) groups excluding carboxylic acids is 1. The number of benzene rings is 1. The van der Waals surface area contributed by atoms with Gasteiger partial charge in [-0.1, -0.05) is 0 Å². The van der Waals surface area contributed by atoms with E-state index in [0.29, 0.717) is 31.2 Å². The Hall–Kier alpha value is -3.16. The molecule has 2 aromatic heterocycles. The molecule has 1 atom stereocenters. The van der Waals surface area contributed by atoms with E-state index < -0.39 is 0 Å². The summed E-state index contributed by atoms with van der Waals surface area (Å²) < 4.78 is 20.3. The van der Waals surface area contributed by atoms with Gasteiger partial charge in [0.05, 0.1) is 12.5 Å². The maximum atomic E-state index is 13.1. The molecule has 1 aromatic carbocycles. The number of aromatic nitrogens is 3. The van der Waals surface area contributed by atoms with Gasteiger partial charge >= 0.3 is 0 Å². The number of carbonyl (C=O) groups is 1. The van der Waals surface area contributed by atoms with Gasteiger partial charge in [-0.25, -0.2) is 14.1 Å². The molecular weight excluding hydrogens is 409 g/mol. The van der Waals surface area contributed by atoms with E-state index in [2.05, 4.69) is 15.3 Å². The lowest BCUT2D eigenvalue weighted by atomic mass is 10.00. The molecule has 1 N–H and O–H groups in total. The lowest BCUT2D eigenvalue weighted by molar-refractivity contribution is -0.121. The van der Waals surface area contributed by atoms with Crippen molar-refractivity contribution in [1.82, 2.24) is 20.1 Å². The van der Waals surface area contributed by atoms with Crippen LogP contribution in [0.1, 0.15) is 29.7 Å². The van der Waals surface area contributed by atoms with Crippen LogP contribution in [0.5, 0.6) is 5.88 Å². The minimum absolute atomic E-state index is 0.0438. The van der Waals surface area contributed by atoms with Crippen LogP contribution in [0.4, 0.5) is 10.1 Å². The van der Waals surface area contributed by atoms with Crippen LogP contribution in [0.2, 0.25) is 0 Å². The number of nitrogens with one attached hydrogen (secondary N) is 1. The van der Waals surface area contributed by atoms with Crippen molar-refractivity contribution in [1.29, 1.82) is 0 Å². The van der Waals surface area contributed by atoms with Gasteiger partial charge in [0.1, 0.15) is 5.82 Å². The Balaban J connectivity index is 1.33. The summed E-state index contributed by atoms with van der Waals surface area (Å²) in [5.74, 6) is 0.774. The van der Waals surface area contributed by atoms with Crippen LogP contribution in [0, 0.1) is 25.6 Å². The molecule has 0 radical (unpaired) electrons. The number of pyridine rings is 1. The van der Waals surface area contributed by atoms with E-state index in [1.807, 2.05) is 33.0 Å². The summed E-state index contributed by atoms with van der Waals surface area (Å²) in [5.41, 5.74) is 4.87. The van der Waals surface area contributed by atoms with Gasteiger partial charge in [-0.3, -0.25) is 4.79 Å². The van der Waals surface area contributed by atoms with E-state index in [4.69, 9.17) is 9.72 Å². The summed E-state index contributed by atoms with van der Waals surface area (Å²) in [7, 11) is 3.46. The first kappa shape index (κ1) is 22.0. The highest BCUT2D eigenvalue weighted by molar-refractivity contribution is 5.86. The van der Waals surface area contributed by atoms with Gasteiger partial charge in [0.25, 0.3) is 0 Å². The van der Waals surface area contributed by atoms with Crippen LogP contribution in [0.15, 0.2) is 24.3 Å². The second-order valence-corrected chi connectivity index (χ2v) is 8.51. The molecule has 1 saturated heterocycles. The predicted octanol–water partition coefficient (Wildman–Crippen LogP) is 3.31. The van der Waals surface area contributed by atoms with Crippen LogP contribution in [0.3, 0.4) is 0 Å². The number of aryl methyl sites for hydroxylation is 3. The van der Waals surface area contributed by atoms with E-state index in [1.165, 1.54) is 12.1 Å². The van der Waals surface area contributed by atoms with Crippen molar-refractivity contribution in [3.63, 3.8) is 0 Å². The van der Waals surface area contributed by atoms with Gasteiger partial charge < -0.3 is 15.0 Å². The Morgan fingerprint density at radius 1 is 1.28 bits per heavy atom. The first-order valence-corrected chi connectivity index (χ1v) is 11.0. The van der Waals surface area contributed by atoms with Crippen molar-refractivity contribution in [3.05, 3.63) is 46.9 Å². The highest BCUT2D eigenvalue weighted by atomic mass is 19.1. The molecule has 1 aliphatic rings. The third kappa shape index (κ3) is 4.40. The topological polar surface area (TPSA) is 72.3 Å². The molecule has 1 amide bonds. The molecule has 4 rings (SSSR count). The van der Waals surface area contributed by atoms with Crippen molar-refractivity contribution in [2.75, 3.05) is 31.6 Å². The third-order valence-corrected chi connectivity index (χ3v) is 6.38. The van der Waals surface area contributed by atoms with Crippen LogP contribution in [-0.2, 0) is 18.3 Å². The maximum Gasteiger partial charge on any atom is 0.242 e. The summed E-state index contributed by atoms with van der Waals surface area (Å²) in [6.07, 6.45) is 2.04. The van der Waals surface area contributed by atoms with Gasteiger partial charge in [-0.05, 0) is 68.0 Å². The smallest absolute Gasteiger partial charge is 0.242 e. The minimum Gasteiger partial charge on any atom is -0.479 e. The lowest BCUT2D eigenvalue weighted by Crippen LogP contribution is -2.31. The molecule has 1 aliphatic heterocycles. The summed E-state index contributed by atoms with van der Waals surface area (Å²) in [5, 5.41) is 8.38. The maximum absolute atomic E-state index is 13.1. The SMILES string of the molecule is COc1nn(C)c2nc(C)c(CCC(=O)NCC3CCN(c4ccc(F)cc4)C3)c(C)c12. The Morgan fingerprint density at radius 3 is 2.75 bits per heavy atom. The fraction of sp³-hybridized carbons (Fsp3) is 0.458. The first-order chi connectivity index (χ1) is 15.4. The molecule has 7 nitrogen and oxygen atoms in total. The zero-order chi connectivity index (χ0) is 22.8. The molecular formula is C24H30FN5O2. The number of methoxy groups -OCH3 is 1. The number of halogens is 1. The van der Waals surface area contributed by atoms with Crippen molar-refractivity contribution >= 4 is 22.6 Å². The Kier molecular flexibility index (Phi) is 6.30. The van der Waals surface area contributed by atoms with Crippen molar-refractivity contribution < 1.29 is 13.9 Å². The lowest BCUT2D eigenvalue weighted by Gasteiger charge is -2.19. The molecule has 0 bridgehead atoms. The second-order valence-electron chi connectivity index (χ2n) is 8.51. The molecule has 0 saturated carbocycles. The number of nitrogens with zero attached hydrogens (tertiary/aromatic N) is 4. The fourth-order valence-corrected chi connectivity index (χ4v) is 4.58. The molecule has 0 aliphatic carbocycles. The number of rotatable bonds is 7. The summed E-state index contributed by atoms with van der Waals surface area (Å²) in [6.45, 7) is 6.45. The van der Waals surface area contributed by atoms with Crippen molar-refractivity contribution in [2.24, 2.45) is 13.0 Å². The van der Waals surface area contributed by atoms with Crippen LogP contribution in [-0.4, -0.2) is 47.4 Å². The van der Waals surface area contributed by atoms with Crippen molar-refractivity contribution in [2.45, 2.75) is 33.1 Å². The van der Waals surface area contributed by atoms with Crippen LogP contribution in [0.25, 0.3) is 11.0 Å². The Labute approximate surface area is 187 Å². The average Bonchev–Trinajstić information content (AvgIpc) is 3.37. The Morgan fingerprint density at radius 2 is 2.03 bits per heavy atom. The fourth-order valence-electron chi connectivity index (χ4n) is 4.58. The van der Waals surface area contributed by atoms with Crippen molar-refractivity contribution in [3.8, 4) is 5.88 Å². The average molecular weight is 440 g/mol. The largest absolute Gasteiger partial charge is 0.479 e. The van der Waals surface area contributed by atoms with E-state index in [-0.39, 0.29) is 11.7 Å². The van der Waals surface area contributed by atoms with E-state index in [1.54, 1.807) is 11.8 Å². The molecule has 1 unspecified atom stereocenters. The first-order valence-electron chi connectivity index (χ1n) is 11.0. The highest BCUT2D eigenvalue weighted by Gasteiger charge is 2.23. The summed E-state index contributed by atoms with van der Waals surface area (Å²) >= 11 is 0. The third-order valence-electron chi connectivity index (χ3n) is 6.38. The Bertz CT molecular complexity index is 1130. The number of hydrogen-bond donors (Lipinski definition) is 1. The zero-order valence-corrected chi connectivity index (χ0v) is 19.1. The molecule has 1 fully saturated rings. The van der Waals surface area contributed by atoms with Gasteiger partial charge in [-0.2, -0.15) is 0 Å². The zero-order valence-electron chi connectivity index (χ0n) is 19.1.